The van der Waals surface area contributed by atoms with Crippen LogP contribution in [0.4, 0.5) is 13.2 Å². The molecule has 4 heterocycles. The number of hydrogen-bond donors (Lipinski definition) is 0. The molecule has 180 valence electrons. The molecule has 0 N–H and O–H groups in total. The molecule has 1 aliphatic heterocycles. The van der Waals surface area contributed by atoms with Gasteiger partial charge in [-0.3, -0.25) is 0 Å². The molecule has 3 aromatic heterocycles. The van der Waals surface area contributed by atoms with Gasteiger partial charge in [0.15, 0.2) is 5.65 Å². The molecular formula is C23H24F3N5O2S. The molecule has 3 saturated carbocycles. The zero-order valence-corrected chi connectivity index (χ0v) is 19.9. The molecule has 1 saturated heterocycles. The SMILES string of the molecule is COc1ncc(C2CC(c3nc(C45CC(C(F)(F)F)(C4)C5)c4nc(C)c(C)nc4n3)CCO2)s1. The number of nitrogens with zero attached hydrogens (tertiary/aromatic N) is 5. The second-order valence-electron chi connectivity index (χ2n) is 9.90. The number of aryl methyl sites for hydroxylation is 2. The summed E-state index contributed by atoms with van der Waals surface area (Å²) in [5, 5.41) is 0.577. The van der Waals surface area contributed by atoms with E-state index in [2.05, 4.69) is 15.0 Å². The van der Waals surface area contributed by atoms with E-state index in [1.807, 2.05) is 13.8 Å². The fourth-order valence-corrected chi connectivity index (χ4v) is 6.56. The molecule has 2 unspecified atom stereocenters. The van der Waals surface area contributed by atoms with Gasteiger partial charge in [0, 0.05) is 24.1 Å². The van der Waals surface area contributed by atoms with Crippen molar-refractivity contribution in [2.75, 3.05) is 13.7 Å². The van der Waals surface area contributed by atoms with Crippen LogP contribution in [0.5, 0.6) is 5.19 Å². The maximum Gasteiger partial charge on any atom is 0.394 e. The van der Waals surface area contributed by atoms with Crippen LogP contribution in [-0.2, 0) is 10.2 Å². The number of aromatic nitrogens is 5. The van der Waals surface area contributed by atoms with Gasteiger partial charge in [0.05, 0.1) is 40.6 Å². The molecule has 0 spiro atoms. The van der Waals surface area contributed by atoms with Crippen LogP contribution in [0.1, 0.15) is 71.9 Å². The highest BCUT2D eigenvalue weighted by atomic mass is 32.1. The quantitative estimate of drug-likeness (QED) is 0.501. The summed E-state index contributed by atoms with van der Waals surface area (Å²) < 4.78 is 51.9. The van der Waals surface area contributed by atoms with Crippen LogP contribution in [0.3, 0.4) is 0 Å². The van der Waals surface area contributed by atoms with Gasteiger partial charge in [-0.05, 0) is 46.0 Å². The Bertz CT molecular complexity index is 1270. The lowest BCUT2D eigenvalue weighted by Gasteiger charge is -2.70. The highest BCUT2D eigenvalue weighted by molar-refractivity contribution is 7.13. The van der Waals surface area contributed by atoms with Crippen molar-refractivity contribution in [1.29, 1.82) is 0 Å². The van der Waals surface area contributed by atoms with Crippen molar-refractivity contribution < 1.29 is 22.6 Å². The average molecular weight is 492 g/mol. The van der Waals surface area contributed by atoms with Gasteiger partial charge in [0.2, 0.25) is 0 Å². The number of hydrogen-bond acceptors (Lipinski definition) is 8. The van der Waals surface area contributed by atoms with Crippen molar-refractivity contribution >= 4 is 22.5 Å². The average Bonchev–Trinajstić information content (AvgIpc) is 3.21. The number of thiazole rings is 1. The Kier molecular flexibility index (Phi) is 4.74. The second kappa shape index (κ2) is 7.30. The topological polar surface area (TPSA) is 82.9 Å². The van der Waals surface area contributed by atoms with Crippen LogP contribution in [-0.4, -0.2) is 44.8 Å². The summed E-state index contributed by atoms with van der Waals surface area (Å²) >= 11 is 1.44. The van der Waals surface area contributed by atoms with Gasteiger partial charge in [0.25, 0.3) is 5.19 Å². The van der Waals surface area contributed by atoms with Gasteiger partial charge < -0.3 is 9.47 Å². The second-order valence-corrected chi connectivity index (χ2v) is 10.9. The Labute approximate surface area is 198 Å². The minimum Gasteiger partial charge on any atom is -0.473 e. The minimum atomic E-state index is -4.18. The van der Waals surface area contributed by atoms with Crippen molar-refractivity contribution in [3.05, 3.63) is 34.0 Å². The van der Waals surface area contributed by atoms with Crippen LogP contribution in [0.15, 0.2) is 6.20 Å². The van der Waals surface area contributed by atoms with E-state index < -0.39 is 17.0 Å². The van der Waals surface area contributed by atoms with Gasteiger partial charge in [-0.25, -0.2) is 24.9 Å². The zero-order chi connectivity index (χ0) is 23.9. The van der Waals surface area contributed by atoms with Crippen LogP contribution in [0, 0.1) is 19.3 Å². The number of ether oxygens (including phenoxy) is 2. The lowest BCUT2D eigenvalue weighted by atomic mass is 9.34. The lowest BCUT2D eigenvalue weighted by molar-refractivity contribution is -0.337. The lowest BCUT2D eigenvalue weighted by Crippen LogP contribution is -2.70. The molecule has 0 aromatic carbocycles. The largest absolute Gasteiger partial charge is 0.473 e. The van der Waals surface area contributed by atoms with E-state index in [0.717, 1.165) is 22.7 Å². The standard InChI is InChI=1S/C23H24F3N5O2S/c1-11-12(2)29-19-16(28-11)17(21-8-22(9-21,10-21)23(24,25)26)30-18(31-19)13-4-5-33-14(6-13)15-7-27-20(32-3)34-15/h7,13-14H,4-6,8-10H2,1-3H3. The first-order valence-electron chi connectivity index (χ1n) is 11.3. The summed E-state index contributed by atoms with van der Waals surface area (Å²) in [4.78, 5) is 24.2. The summed E-state index contributed by atoms with van der Waals surface area (Å²) in [6, 6.07) is 0. The molecule has 2 bridgehead atoms. The fraction of sp³-hybridized carbons (Fsp3) is 0.609. The Morgan fingerprint density at radius 3 is 2.50 bits per heavy atom. The summed E-state index contributed by atoms with van der Waals surface area (Å²) in [7, 11) is 1.58. The van der Waals surface area contributed by atoms with Crippen LogP contribution >= 0.6 is 11.3 Å². The normalized spacial score (nSPS) is 30.6. The third kappa shape index (κ3) is 3.16. The summed E-state index contributed by atoms with van der Waals surface area (Å²) in [6.07, 6.45) is -0.968. The van der Waals surface area contributed by atoms with E-state index in [1.165, 1.54) is 11.3 Å². The number of methoxy groups -OCH3 is 1. The van der Waals surface area contributed by atoms with Crippen LogP contribution < -0.4 is 4.74 Å². The molecule has 3 aromatic rings. The van der Waals surface area contributed by atoms with E-state index in [9.17, 15) is 13.2 Å². The van der Waals surface area contributed by atoms with Crippen molar-refractivity contribution in [2.45, 2.75) is 69.6 Å². The zero-order valence-electron chi connectivity index (χ0n) is 19.1. The van der Waals surface area contributed by atoms with E-state index >= 15 is 0 Å². The predicted molar refractivity (Wildman–Crippen MR) is 118 cm³/mol. The van der Waals surface area contributed by atoms with E-state index in [0.29, 0.717) is 40.9 Å². The first kappa shape index (κ1) is 22.1. The molecule has 2 atom stereocenters. The number of rotatable bonds is 4. The van der Waals surface area contributed by atoms with Crippen molar-refractivity contribution in [3.8, 4) is 5.19 Å². The molecule has 7 nitrogen and oxygen atoms in total. The minimum absolute atomic E-state index is 0.00216. The van der Waals surface area contributed by atoms with E-state index in [-0.39, 0.29) is 31.3 Å². The maximum absolute atomic E-state index is 13.6. The number of fused-ring (bicyclic) bond motifs is 1. The first-order valence-corrected chi connectivity index (χ1v) is 12.2. The Hall–Kier alpha value is -2.40. The number of halogens is 3. The molecule has 3 aliphatic carbocycles. The Balaban J connectivity index is 1.37. The third-order valence-corrected chi connectivity index (χ3v) is 8.79. The van der Waals surface area contributed by atoms with Crippen molar-refractivity contribution in [3.63, 3.8) is 0 Å². The monoisotopic (exact) mass is 491 g/mol. The predicted octanol–water partition coefficient (Wildman–Crippen LogP) is 5.12. The molecule has 34 heavy (non-hydrogen) atoms. The van der Waals surface area contributed by atoms with E-state index in [4.69, 9.17) is 19.4 Å². The van der Waals surface area contributed by atoms with E-state index in [1.54, 1.807) is 13.3 Å². The maximum atomic E-state index is 13.6. The van der Waals surface area contributed by atoms with Gasteiger partial charge in [-0.15, -0.1) is 0 Å². The molecule has 7 rings (SSSR count). The van der Waals surface area contributed by atoms with Crippen LogP contribution in [0.2, 0.25) is 0 Å². The summed E-state index contributed by atoms with van der Waals surface area (Å²) in [5.74, 6) is 0.623. The van der Waals surface area contributed by atoms with Crippen molar-refractivity contribution in [2.24, 2.45) is 5.41 Å². The Morgan fingerprint density at radius 2 is 1.82 bits per heavy atom. The first-order chi connectivity index (χ1) is 16.1. The molecule has 0 amide bonds. The molecule has 0 radical (unpaired) electrons. The molecule has 11 heteroatoms. The van der Waals surface area contributed by atoms with Crippen molar-refractivity contribution in [1.82, 2.24) is 24.9 Å². The highest BCUT2D eigenvalue weighted by Gasteiger charge is 2.79. The van der Waals surface area contributed by atoms with Gasteiger partial charge >= 0.3 is 6.18 Å². The van der Waals surface area contributed by atoms with Gasteiger partial charge in [0.1, 0.15) is 11.3 Å². The number of alkyl halides is 3. The van der Waals surface area contributed by atoms with Gasteiger partial charge in [-0.1, -0.05) is 11.3 Å². The molecule has 4 aliphatic rings. The summed E-state index contributed by atoms with van der Waals surface area (Å²) in [5.41, 5.74) is 0.997. The smallest absolute Gasteiger partial charge is 0.394 e. The molecule has 4 fully saturated rings. The summed E-state index contributed by atoms with van der Waals surface area (Å²) in [6.45, 7) is 4.25. The van der Waals surface area contributed by atoms with Gasteiger partial charge in [-0.2, -0.15) is 13.2 Å². The third-order valence-electron chi connectivity index (χ3n) is 7.74. The fourth-order valence-electron chi connectivity index (χ4n) is 5.76. The highest BCUT2D eigenvalue weighted by Crippen LogP contribution is 2.78. The Morgan fingerprint density at radius 1 is 1.09 bits per heavy atom. The molecular weight excluding hydrogens is 467 g/mol. The van der Waals surface area contributed by atoms with Crippen LogP contribution in [0.25, 0.3) is 11.2 Å².